The van der Waals surface area contributed by atoms with Gasteiger partial charge in [0.25, 0.3) is 17.7 Å². The van der Waals surface area contributed by atoms with Gasteiger partial charge in [0.05, 0.1) is 16.8 Å². The quantitative estimate of drug-likeness (QED) is 0.785. The third-order valence-electron chi connectivity index (χ3n) is 4.94. The van der Waals surface area contributed by atoms with Crippen LogP contribution in [0.2, 0.25) is 0 Å². The molecular formula is C21H19N3O5. The van der Waals surface area contributed by atoms with Crippen molar-refractivity contribution in [3.8, 4) is 5.75 Å². The normalized spacial score (nSPS) is 15.1. The van der Waals surface area contributed by atoms with E-state index in [2.05, 4.69) is 5.32 Å². The second kappa shape index (κ2) is 7.38. The van der Waals surface area contributed by atoms with Crippen molar-refractivity contribution in [2.45, 2.75) is 13.3 Å². The van der Waals surface area contributed by atoms with Gasteiger partial charge in [-0.1, -0.05) is 12.1 Å². The molecular weight excluding hydrogens is 374 g/mol. The Kier molecular flexibility index (Phi) is 4.75. The van der Waals surface area contributed by atoms with Crippen molar-refractivity contribution >= 4 is 35.0 Å². The Balaban J connectivity index is 1.41. The number of carbonyl (C=O) groups excluding carboxylic acids is 4. The van der Waals surface area contributed by atoms with Crippen molar-refractivity contribution in [3.63, 3.8) is 0 Å². The van der Waals surface area contributed by atoms with E-state index >= 15 is 0 Å². The third kappa shape index (κ3) is 3.33. The van der Waals surface area contributed by atoms with E-state index in [1.54, 1.807) is 47.4 Å². The zero-order chi connectivity index (χ0) is 20.5. The zero-order valence-corrected chi connectivity index (χ0v) is 15.8. The van der Waals surface area contributed by atoms with Crippen molar-refractivity contribution in [2.75, 3.05) is 29.9 Å². The minimum absolute atomic E-state index is 0.00712. The molecule has 2 aromatic carbocycles. The summed E-state index contributed by atoms with van der Waals surface area (Å²) in [7, 11) is 0. The molecule has 0 aliphatic carbocycles. The van der Waals surface area contributed by atoms with Crippen LogP contribution < -0.4 is 15.0 Å². The largest absolute Gasteiger partial charge is 0.482 e. The van der Waals surface area contributed by atoms with Crippen LogP contribution in [-0.2, 0) is 9.59 Å². The molecule has 0 atom stereocenters. The Morgan fingerprint density at radius 1 is 1.03 bits per heavy atom. The summed E-state index contributed by atoms with van der Waals surface area (Å²) in [6.07, 6.45) is -0.0323. The first-order valence-corrected chi connectivity index (χ1v) is 9.32. The Morgan fingerprint density at radius 2 is 1.72 bits per heavy atom. The van der Waals surface area contributed by atoms with Crippen LogP contribution >= 0.6 is 0 Å². The highest BCUT2D eigenvalue weighted by atomic mass is 16.5. The summed E-state index contributed by atoms with van der Waals surface area (Å²) >= 11 is 0. The first-order valence-electron chi connectivity index (χ1n) is 9.32. The van der Waals surface area contributed by atoms with Crippen LogP contribution in [0.4, 0.5) is 11.4 Å². The van der Waals surface area contributed by atoms with Gasteiger partial charge in [0, 0.05) is 25.2 Å². The second-order valence-corrected chi connectivity index (χ2v) is 6.71. The average Bonchev–Trinajstić information content (AvgIpc) is 2.97. The minimum atomic E-state index is -0.388. The fourth-order valence-electron chi connectivity index (χ4n) is 3.51. The molecule has 8 nitrogen and oxygen atoms in total. The van der Waals surface area contributed by atoms with Crippen LogP contribution in [0.5, 0.6) is 5.75 Å². The molecule has 4 amide bonds. The van der Waals surface area contributed by atoms with Gasteiger partial charge >= 0.3 is 0 Å². The van der Waals surface area contributed by atoms with Gasteiger partial charge in [-0.05, 0) is 37.3 Å². The van der Waals surface area contributed by atoms with E-state index in [1.165, 1.54) is 0 Å². The topological polar surface area (TPSA) is 96.0 Å². The van der Waals surface area contributed by atoms with Crippen LogP contribution in [0.3, 0.4) is 0 Å². The predicted molar refractivity (Wildman–Crippen MR) is 105 cm³/mol. The van der Waals surface area contributed by atoms with Gasteiger partial charge in [0.15, 0.2) is 6.61 Å². The summed E-state index contributed by atoms with van der Waals surface area (Å²) in [4.78, 5) is 51.7. The number of anilines is 2. The van der Waals surface area contributed by atoms with Gasteiger partial charge in [0.1, 0.15) is 5.75 Å². The van der Waals surface area contributed by atoms with Gasteiger partial charge in [-0.2, -0.15) is 0 Å². The number of fused-ring (bicyclic) bond motifs is 2. The standard InChI is InChI=1S/C21H19N3O5/c1-2-23-16-11-13(7-8-17(16)29-12-19(23)26)22-18(25)9-10-24-20(27)14-5-3-4-6-15(14)21(24)28/h3-8,11H,2,9-10,12H2,1H3,(H,22,25). The Bertz CT molecular complexity index is 998. The van der Waals surface area contributed by atoms with Crippen molar-refractivity contribution in [3.05, 3.63) is 53.6 Å². The number of benzene rings is 2. The maximum Gasteiger partial charge on any atom is 0.265 e. The molecule has 0 saturated heterocycles. The van der Waals surface area contributed by atoms with E-state index in [4.69, 9.17) is 4.74 Å². The molecule has 29 heavy (non-hydrogen) atoms. The number of hydrogen-bond donors (Lipinski definition) is 1. The van der Waals surface area contributed by atoms with E-state index in [1.807, 2.05) is 6.92 Å². The molecule has 2 aliphatic rings. The minimum Gasteiger partial charge on any atom is -0.482 e. The van der Waals surface area contributed by atoms with E-state index in [-0.39, 0.29) is 43.2 Å². The highest BCUT2D eigenvalue weighted by Crippen LogP contribution is 2.34. The lowest BCUT2D eigenvalue weighted by Crippen LogP contribution is -2.38. The van der Waals surface area contributed by atoms with Crippen LogP contribution in [0.1, 0.15) is 34.1 Å². The number of hydrogen-bond acceptors (Lipinski definition) is 5. The molecule has 2 aliphatic heterocycles. The molecule has 1 N–H and O–H groups in total. The summed E-state index contributed by atoms with van der Waals surface area (Å²) in [5.41, 5.74) is 1.82. The molecule has 0 saturated carbocycles. The van der Waals surface area contributed by atoms with Gasteiger partial charge in [-0.25, -0.2) is 0 Å². The third-order valence-corrected chi connectivity index (χ3v) is 4.94. The first kappa shape index (κ1) is 18.7. The van der Waals surface area contributed by atoms with Crippen LogP contribution in [0.25, 0.3) is 0 Å². The zero-order valence-electron chi connectivity index (χ0n) is 15.8. The van der Waals surface area contributed by atoms with Crippen molar-refractivity contribution in [1.82, 2.24) is 4.90 Å². The highest BCUT2D eigenvalue weighted by molar-refractivity contribution is 6.21. The molecule has 8 heteroatoms. The molecule has 4 rings (SSSR count). The predicted octanol–water partition coefficient (Wildman–Crippen LogP) is 2.06. The van der Waals surface area contributed by atoms with E-state index in [9.17, 15) is 19.2 Å². The summed E-state index contributed by atoms with van der Waals surface area (Å²) in [6, 6.07) is 11.7. The Morgan fingerprint density at radius 3 is 2.38 bits per heavy atom. The molecule has 2 aromatic rings. The molecule has 0 radical (unpaired) electrons. The lowest BCUT2D eigenvalue weighted by atomic mass is 10.1. The maximum absolute atomic E-state index is 12.4. The molecule has 148 valence electrons. The summed E-state index contributed by atoms with van der Waals surface area (Å²) in [6.45, 7) is 2.34. The molecule has 2 heterocycles. The summed E-state index contributed by atoms with van der Waals surface area (Å²) in [5, 5.41) is 2.74. The lowest BCUT2D eigenvalue weighted by molar-refractivity contribution is -0.121. The molecule has 0 bridgehead atoms. The Labute approximate surface area is 167 Å². The number of carbonyl (C=O) groups is 4. The number of ether oxygens (including phenoxy) is 1. The van der Waals surface area contributed by atoms with Crippen molar-refractivity contribution in [1.29, 1.82) is 0 Å². The van der Waals surface area contributed by atoms with E-state index in [0.717, 1.165) is 4.90 Å². The fraction of sp³-hybridized carbons (Fsp3) is 0.238. The van der Waals surface area contributed by atoms with Crippen molar-refractivity contribution < 1.29 is 23.9 Å². The number of likely N-dealkylation sites (N-methyl/N-ethyl adjacent to an activating group) is 1. The van der Waals surface area contributed by atoms with E-state index < -0.39 is 0 Å². The Hall–Kier alpha value is -3.68. The van der Waals surface area contributed by atoms with Crippen molar-refractivity contribution in [2.24, 2.45) is 0 Å². The smallest absolute Gasteiger partial charge is 0.265 e. The monoisotopic (exact) mass is 393 g/mol. The molecule has 0 aromatic heterocycles. The number of rotatable bonds is 5. The SMILES string of the molecule is CCN1C(=O)COc2ccc(NC(=O)CCN3C(=O)c4ccccc4C3=O)cc21. The van der Waals surface area contributed by atoms with Crippen LogP contribution in [0, 0.1) is 0 Å². The number of nitrogens with zero attached hydrogens (tertiary/aromatic N) is 2. The summed E-state index contributed by atoms with van der Waals surface area (Å²) < 4.78 is 5.41. The van der Waals surface area contributed by atoms with Crippen LogP contribution in [0.15, 0.2) is 42.5 Å². The van der Waals surface area contributed by atoms with Gasteiger partial charge in [-0.15, -0.1) is 0 Å². The van der Waals surface area contributed by atoms with Gasteiger partial charge in [-0.3, -0.25) is 24.1 Å². The number of nitrogens with one attached hydrogen (secondary N) is 1. The summed E-state index contributed by atoms with van der Waals surface area (Å²) in [5.74, 6) is -0.681. The second-order valence-electron chi connectivity index (χ2n) is 6.71. The highest BCUT2D eigenvalue weighted by Gasteiger charge is 2.35. The van der Waals surface area contributed by atoms with Gasteiger partial charge in [0.2, 0.25) is 5.91 Å². The first-order chi connectivity index (χ1) is 14.0. The fourth-order valence-corrected chi connectivity index (χ4v) is 3.51. The van der Waals surface area contributed by atoms with Crippen LogP contribution in [-0.4, -0.2) is 48.2 Å². The average molecular weight is 393 g/mol. The maximum atomic E-state index is 12.4. The van der Waals surface area contributed by atoms with Gasteiger partial charge < -0.3 is 15.0 Å². The lowest BCUT2D eigenvalue weighted by Gasteiger charge is -2.28. The molecule has 0 fully saturated rings. The molecule has 0 unspecified atom stereocenters. The number of amides is 4. The number of imide groups is 1. The van der Waals surface area contributed by atoms with E-state index in [0.29, 0.717) is 34.8 Å². The molecule has 0 spiro atoms.